The Kier molecular flexibility index (Phi) is 6.81. The van der Waals surface area contributed by atoms with E-state index in [-0.39, 0.29) is 23.7 Å². The number of benzene rings is 2. The predicted molar refractivity (Wildman–Crippen MR) is 108 cm³/mol. The Morgan fingerprint density at radius 2 is 1.79 bits per heavy atom. The summed E-state index contributed by atoms with van der Waals surface area (Å²) in [7, 11) is 0. The van der Waals surface area contributed by atoms with Crippen LogP contribution in [0.4, 0.5) is 5.69 Å². The highest BCUT2D eigenvalue weighted by Gasteiger charge is 2.12. The number of ether oxygens (including phenoxy) is 3. The highest BCUT2D eigenvalue weighted by molar-refractivity contribution is 8.00. The lowest BCUT2D eigenvalue weighted by atomic mass is 10.2. The van der Waals surface area contributed by atoms with E-state index in [0.717, 1.165) is 17.1 Å². The zero-order chi connectivity index (χ0) is 19.9. The zero-order valence-electron chi connectivity index (χ0n) is 15.9. The maximum Gasteiger partial charge on any atom is 0.338 e. The first kappa shape index (κ1) is 20.1. The van der Waals surface area contributed by atoms with E-state index in [9.17, 15) is 9.59 Å². The van der Waals surface area contributed by atoms with Gasteiger partial charge in [-0.3, -0.25) is 4.79 Å². The Labute approximate surface area is 168 Å². The van der Waals surface area contributed by atoms with Gasteiger partial charge in [0.25, 0.3) is 0 Å². The highest BCUT2D eigenvalue weighted by atomic mass is 32.2. The molecule has 0 unspecified atom stereocenters. The highest BCUT2D eigenvalue weighted by Crippen LogP contribution is 2.33. The summed E-state index contributed by atoms with van der Waals surface area (Å²) in [6, 6.07) is 12.3. The third-order valence-corrected chi connectivity index (χ3v) is 4.83. The van der Waals surface area contributed by atoms with Gasteiger partial charge in [0.1, 0.15) is 0 Å². The van der Waals surface area contributed by atoms with Gasteiger partial charge in [-0.15, -0.1) is 11.8 Å². The van der Waals surface area contributed by atoms with Gasteiger partial charge in [-0.25, -0.2) is 4.79 Å². The number of anilines is 1. The number of carbonyl (C=O) groups excluding carboxylic acids is 2. The molecule has 2 aromatic rings. The molecule has 1 heterocycles. The van der Waals surface area contributed by atoms with Crippen LogP contribution in [-0.4, -0.2) is 36.9 Å². The minimum atomic E-state index is -0.377. The predicted octanol–water partition coefficient (Wildman–Crippen LogP) is 4.14. The number of carbonyl (C=O) groups is 2. The Balaban J connectivity index is 1.52. The Hall–Kier alpha value is -2.67. The second kappa shape index (κ2) is 9.50. The van der Waals surface area contributed by atoms with Gasteiger partial charge >= 0.3 is 5.97 Å². The number of esters is 1. The summed E-state index contributed by atoms with van der Waals surface area (Å²) < 4.78 is 16.4. The van der Waals surface area contributed by atoms with Crippen LogP contribution < -0.4 is 14.8 Å². The fraction of sp³-hybridized carbons (Fsp3) is 0.333. The molecule has 0 atom stereocenters. The molecule has 1 amide bonds. The third-order valence-electron chi connectivity index (χ3n) is 3.84. The van der Waals surface area contributed by atoms with E-state index in [0.29, 0.717) is 30.2 Å². The molecular weight excluding hydrogens is 378 g/mol. The molecule has 1 aliphatic heterocycles. The van der Waals surface area contributed by atoms with E-state index in [2.05, 4.69) is 5.32 Å². The summed E-state index contributed by atoms with van der Waals surface area (Å²) >= 11 is 1.42. The van der Waals surface area contributed by atoms with Crippen LogP contribution in [0.5, 0.6) is 11.5 Å². The first-order chi connectivity index (χ1) is 13.5. The molecular formula is C21H23NO5S. The SMILES string of the molecule is CC(C)OC(=O)c1ccc(NC(=O)CSc2ccc3c(c2)OCCCO3)cc1. The van der Waals surface area contributed by atoms with Gasteiger partial charge in [0.15, 0.2) is 11.5 Å². The molecule has 6 nitrogen and oxygen atoms in total. The van der Waals surface area contributed by atoms with Crippen LogP contribution in [-0.2, 0) is 9.53 Å². The minimum Gasteiger partial charge on any atom is -0.490 e. The third kappa shape index (κ3) is 5.66. The summed E-state index contributed by atoms with van der Waals surface area (Å²) in [4.78, 5) is 25.0. The minimum absolute atomic E-state index is 0.130. The monoisotopic (exact) mass is 401 g/mol. The van der Waals surface area contributed by atoms with Crippen molar-refractivity contribution in [2.24, 2.45) is 0 Å². The summed E-state index contributed by atoms with van der Waals surface area (Å²) in [5, 5.41) is 2.82. The maximum atomic E-state index is 12.2. The van der Waals surface area contributed by atoms with Gasteiger partial charge in [-0.1, -0.05) is 0 Å². The molecule has 0 bridgehead atoms. The molecule has 0 saturated carbocycles. The average molecular weight is 401 g/mol. The Bertz CT molecular complexity index is 835. The first-order valence-corrected chi connectivity index (χ1v) is 10.1. The molecule has 1 N–H and O–H groups in total. The van der Waals surface area contributed by atoms with Crippen molar-refractivity contribution in [3.8, 4) is 11.5 Å². The van der Waals surface area contributed by atoms with E-state index in [4.69, 9.17) is 14.2 Å². The van der Waals surface area contributed by atoms with E-state index < -0.39 is 0 Å². The second-order valence-corrected chi connectivity index (χ2v) is 7.58. The fourth-order valence-electron chi connectivity index (χ4n) is 2.55. The lowest BCUT2D eigenvalue weighted by Gasteiger charge is -2.10. The second-order valence-electron chi connectivity index (χ2n) is 6.53. The number of amides is 1. The van der Waals surface area contributed by atoms with Crippen molar-refractivity contribution in [3.05, 3.63) is 48.0 Å². The molecule has 0 spiro atoms. The quantitative estimate of drug-likeness (QED) is 0.579. The topological polar surface area (TPSA) is 73.9 Å². The van der Waals surface area contributed by atoms with Crippen LogP contribution in [0.2, 0.25) is 0 Å². The summed E-state index contributed by atoms with van der Waals surface area (Å²) in [5.74, 6) is 1.21. The van der Waals surface area contributed by atoms with E-state index >= 15 is 0 Å². The molecule has 7 heteroatoms. The van der Waals surface area contributed by atoms with Gasteiger partial charge < -0.3 is 19.5 Å². The summed E-state index contributed by atoms with van der Waals surface area (Å²) in [6.07, 6.45) is 0.682. The lowest BCUT2D eigenvalue weighted by Crippen LogP contribution is -2.14. The molecule has 0 aliphatic carbocycles. The smallest absolute Gasteiger partial charge is 0.338 e. The van der Waals surface area contributed by atoms with Crippen LogP contribution in [0.25, 0.3) is 0 Å². The van der Waals surface area contributed by atoms with Crippen molar-refractivity contribution in [1.29, 1.82) is 0 Å². The van der Waals surface area contributed by atoms with Crippen molar-refractivity contribution in [2.45, 2.75) is 31.3 Å². The van der Waals surface area contributed by atoms with Crippen LogP contribution in [0.1, 0.15) is 30.6 Å². The van der Waals surface area contributed by atoms with Crippen molar-refractivity contribution in [2.75, 3.05) is 24.3 Å². The standard InChI is InChI=1S/C21H23NO5S/c1-14(2)27-21(24)15-4-6-16(7-5-15)22-20(23)13-28-17-8-9-18-19(12-17)26-11-3-10-25-18/h4-9,12,14H,3,10-11,13H2,1-2H3,(H,22,23). The van der Waals surface area contributed by atoms with Gasteiger partial charge in [0.2, 0.25) is 5.91 Å². The molecule has 1 aliphatic rings. The van der Waals surface area contributed by atoms with Crippen LogP contribution in [0.15, 0.2) is 47.4 Å². The molecule has 2 aromatic carbocycles. The van der Waals surface area contributed by atoms with Crippen molar-refractivity contribution < 1.29 is 23.8 Å². The van der Waals surface area contributed by atoms with Crippen LogP contribution in [0.3, 0.4) is 0 Å². The Morgan fingerprint density at radius 1 is 1.07 bits per heavy atom. The van der Waals surface area contributed by atoms with Gasteiger partial charge in [-0.05, 0) is 56.3 Å². The van der Waals surface area contributed by atoms with E-state index in [1.54, 1.807) is 38.1 Å². The number of hydrogen-bond acceptors (Lipinski definition) is 6. The number of rotatable bonds is 6. The molecule has 28 heavy (non-hydrogen) atoms. The van der Waals surface area contributed by atoms with Gasteiger partial charge in [-0.2, -0.15) is 0 Å². The zero-order valence-corrected chi connectivity index (χ0v) is 16.7. The van der Waals surface area contributed by atoms with Crippen LogP contribution >= 0.6 is 11.8 Å². The maximum absolute atomic E-state index is 12.2. The summed E-state index contributed by atoms with van der Waals surface area (Å²) in [5.41, 5.74) is 1.08. The van der Waals surface area contributed by atoms with E-state index in [1.807, 2.05) is 18.2 Å². The molecule has 0 fully saturated rings. The molecule has 0 aromatic heterocycles. The number of fused-ring (bicyclic) bond motifs is 1. The van der Waals surface area contributed by atoms with Gasteiger partial charge in [0, 0.05) is 17.0 Å². The number of nitrogens with one attached hydrogen (secondary N) is 1. The van der Waals surface area contributed by atoms with E-state index in [1.165, 1.54) is 11.8 Å². The van der Waals surface area contributed by atoms with Gasteiger partial charge in [0.05, 0.1) is 30.6 Å². The lowest BCUT2D eigenvalue weighted by molar-refractivity contribution is -0.113. The molecule has 148 valence electrons. The summed E-state index contributed by atoms with van der Waals surface area (Å²) in [6.45, 7) is 4.87. The largest absolute Gasteiger partial charge is 0.490 e. The molecule has 3 rings (SSSR count). The normalized spacial score (nSPS) is 13.0. The molecule has 0 saturated heterocycles. The average Bonchev–Trinajstić information content (AvgIpc) is 2.91. The Morgan fingerprint density at radius 3 is 2.50 bits per heavy atom. The number of hydrogen-bond donors (Lipinski definition) is 1. The number of thioether (sulfide) groups is 1. The first-order valence-electron chi connectivity index (χ1n) is 9.14. The van der Waals surface area contributed by atoms with Crippen molar-refractivity contribution in [3.63, 3.8) is 0 Å². The fourth-order valence-corrected chi connectivity index (χ4v) is 3.28. The van der Waals surface area contributed by atoms with Crippen molar-refractivity contribution in [1.82, 2.24) is 0 Å². The van der Waals surface area contributed by atoms with Crippen molar-refractivity contribution >= 4 is 29.3 Å². The van der Waals surface area contributed by atoms with Crippen LogP contribution in [0, 0.1) is 0 Å². The molecule has 0 radical (unpaired) electrons.